The van der Waals surface area contributed by atoms with E-state index >= 15 is 0 Å². The van der Waals surface area contributed by atoms with Gasteiger partial charge in [-0.05, 0) is 24.6 Å². The molecular weight excluding hydrogens is 340 g/mol. The second-order valence-electron chi connectivity index (χ2n) is 5.17. The Kier molecular flexibility index (Phi) is 4.20. The van der Waals surface area contributed by atoms with Crippen LogP contribution in [0.4, 0.5) is 5.69 Å². The molecule has 0 saturated carbocycles. The maximum atomic E-state index is 12.5. The first-order chi connectivity index (χ1) is 10.6. The lowest BCUT2D eigenvalue weighted by molar-refractivity contribution is -0.117. The Bertz CT molecular complexity index is 809. The van der Waals surface area contributed by atoms with Crippen LogP contribution in [0.2, 0.25) is 0 Å². The van der Waals surface area contributed by atoms with Gasteiger partial charge < -0.3 is 5.32 Å². The van der Waals surface area contributed by atoms with Crippen molar-refractivity contribution in [3.8, 4) is 0 Å². The third-order valence-corrected chi connectivity index (χ3v) is 4.22. The Balaban J connectivity index is 1.85. The molecule has 0 radical (unpaired) electrons. The van der Waals surface area contributed by atoms with Gasteiger partial charge in [0.2, 0.25) is 5.91 Å². The molecule has 3 rings (SSSR count). The highest BCUT2D eigenvalue weighted by molar-refractivity contribution is 9.10. The number of benzene rings is 2. The molecule has 1 aromatic heterocycles. The molecule has 0 aliphatic carbocycles. The van der Waals surface area contributed by atoms with E-state index in [1.807, 2.05) is 55.5 Å². The van der Waals surface area contributed by atoms with Gasteiger partial charge in [-0.3, -0.25) is 9.78 Å². The SMILES string of the molecule is CC(C(=O)Nc1cncc2ccccc12)c1ccc(Br)cc1. The fraction of sp³-hybridized carbons (Fsp3) is 0.111. The maximum Gasteiger partial charge on any atom is 0.231 e. The number of carbonyl (C=O) groups is 1. The quantitative estimate of drug-likeness (QED) is 0.737. The van der Waals surface area contributed by atoms with Crippen molar-refractivity contribution in [3.05, 3.63) is 71.0 Å². The van der Waals surface area contributed by atoms with Gasteiger partial charge in [-0.1, -0.05) is 52.3 Å². The van der Waals surface area contributed by atoms with Crippen molar-refractivity contribution < 1.29 is 4.79 Å². The van der Waals surface area contributed by atoms with Gasteiger partial charge in [-0.2, -0.15) is 0 Å². The van der Waals surface area contributed by atoms with Crippen LogP contribution in [-0.2, 0) is 4.79 Å². The normalized spacial score (nSPS) is 12.1. The molecule has 2 aromatic carbocycles. The lowest BCUT2D eigenvalue weighted by Gasteiger charge is -2.14. The second kappa shape index (κ2) is 6.28. The molecule has 1 unspecified atom stereocenters. The summed E-state index contributed by atoms with van der Waals surface area (Å²) in [6, 6.07) is 15.7. The van der Waals surface area contributed by atoms with Crippen molar-refractivity contribution >= 4 is 38.3 Å². The van der Waals surface area contributed by atoms with Crippen LogP contribution >= 0.6 is 15.9 Å². The molecule has 1 heterocycles. The summed E-state index contributed by atoms with van der Waals surface area (Å²) in [5.74, 6) is -0.271. The number of anilines is 1. The van der Waals surface area contributed by atoms with E-state index < -0.39 is 0 Å². The number of hydrogen-bond donors (Lipinski definition) is 1. The zero-order valence-corrected chi connectivity index (χ0v) is 13.7. The van der Waals surface area contributed by atoms with E-state index in [-0.39, 0.29) is 11.8 Å². The number of aromatic nitrogens is 1. The van der Waals surface area contributed by atoms with Crippen molar-refractivity contribution in [2.45, 2.75) is 12.8 Å². The van der Waals surface area contributed by atoms with Crippen LogP contribution in [0, 0.1) is 0 Å². The fourth-order valence-electron chi connectivity index (χ4n) is 2.36. The maximum absolute atomic E-state index is 12.5. The molecule has 3 aromatic rings. The number of carbonyl (C=O) groups excluding carboxylic acids is 1. The third kappa shape index (κ3) is 3.02. The molecule has 4 heteroatoms. The van der Waals surface area contributed by atoms with Gasteiger partial charge in [0.05, 0.1) is 17.8 Å². The molecule has 1 N–H and O–H groups in total. The molecule has 0 bridgehead atoms. The van der Waals surface area contributed by atoms with Crippen molar-refractivity contribution in [1.29, 1.82) is 0 Å². The number of pyridine rings is 1. The first kappa shape index (κ1) is 14.7. The van der Waals surface area contributed by atoms with E-state index in [9.17, 15) is 4.79 Å². The zero-order valence-electron chi connectivity index (χ0n) is 12.1. The van der Waals surface area contributed by atoms with E-state index in [4.69, 9.17) is 0 Å². The molecule has 0 spiro atoms. The Hall–Kier alpha value is -2.20. The van der Waals surface area contributed by atoms with Crippen molar-refractivity contribution in [2.24, 2.45) is 0 Å². The molecule has 1 amide bonds. The third-order valence-electron chi connectivity index (χ3n) is 3.69. The van der Waals surface area contributed by atoms with Gasteiger partial charge >= 0.3 is 0 Å². The number of nitrogens with one attached hydrogen (secondary N) is 1. The number of amides is 1. The average Bonchev–Trinajstić information content (AvgIpc) is 2.55. The summed E-state index contributed by atoms with van der Waals surface area (Å²) in [7, 11) is 0. The van der Waals surface area contributed by atoms with Crippen LogP contribution in [0.3, 0.4) is 0 Å². The molecular formula is C18H15BrN2O. The summed E-state index contributed by atoms with van der Waals surface area (Å²) >= 11 is 3.40. The topological polar surface area (TPSA) is 42.0 Å². The largest absolute Gasteiger partial charge is 0.324 e. The second-order valence-corrected chi connectivity index (χ2v) is 6.09. The molecule has 0 saturated heterocycles. The number of halogens is 1. The lowest BCUT2D eigenvalue weighted by atomic mass is 10.0. The summed E-state index contributed by atoms with van der Waals surface area (Å²) < 4.78 is 1.00. The van der Waals surface area contributed by atoms with Gasteiger partial charge in [0.15, 0.2) is 0 Å². The molecule has 3 nitrogen and oxygen atoms in total. The Labute approximate surface area is 137 Å². The van der Waals surface area contributed by atoms with E-state index in [1.54, 1.807) is 12.4 Å². The summed E-state index contributed by atoms with van der Waals surface area (Å²) in [6.07, 6.45) is 3.48. The zero-order chi connectivity index (χ0) is 15.5. The highest BCUT2D eigenvalue weighted by Gasteiger charge is 2.16. The van der Waals surface area contributed by atoms with Gasteiger partial charge in [0.1, 0.15) is 0 Å². The average molecular weight is 355 g/mol. The van der Waals surface area contributed by atoms with E-state index in [2.05, 4.69) is 26.2 Å². The highest BCUT2D eigenvalue weighted by Crippen LogP contribution is 2.24. The predicted octanol–water partition coefficient (Wildman–Crippen LogP) is 4.74. The lowest BCUT2D eigenvalue weighted by Crippen LogP contribution is -2.19. The minimum absolute atomic E-state index is 0.0412. The van der Waals surface area contributed by atoms with Crippen molar-refractivity contribution in [1.82, 2.24) is 4.98 Å². The van der Waals surface area contributed by atoms with Crippen LogP contribution in [-0.4, -0.2) is 10.9 Å². The first-order valence-electron chi connectivity index (χ1n) is 7.04. The van der Waals surface area contributed by atoms with Crippen LogP contribution in [0.1, 0.15) is 18.4 Å². The summed E-state index contributed by atoms with van der Waals surface area (Å²) in [5, 5.41) is 4.99. The summed E-state index contributed by atoms with van der Waals surface area (Å²) in [5.41, 5.74) is 1.72. The van der Waals surface area contributed by atoms with E-state index in [1.165, 1.54) is 0 Å². The number of rotatable bonds is 3. The Morgan fingerprint density at radius 1 is 1.09 bits per heavy atom. The Morgan fingerprint density at radius 2 is 1.82 bits per heavy atom. The van der Waals surface area contributed by atoms with Crippen LogP contribution < -0.4 is 5.32 Å². The van der Waals surface area contributed by atoms with Crippen molar-refractivity contribution in [3.63, 3.8) is 0 Å². The molecule has 0 fully saturated rings. The van der Waals surface area contributed by atoms with E-state index in [0.717, 1.165) is 26.5 Å². The number of fused-ring (bicyclic) bond motifs is 1. The highest BCUT2D eigenvalue weighted by atomic mass is 79.9. The monoisotopic (exact) mass is 354 g/mol. The smallest absolute Gasteiger partial charge is 0.231 e. The minimum atomic E-state index is -0.230. The van der Waals surface area contributed by atoms with E-state index in [0.29, 0.717) is 0 Å². The van der Waals surface area contributed by atoms with Gasteiger partial charge in [-0.25, -0.2) is 0 Å². The standard InChI is InChI=1S/C18H15BrN2O/c1-12(13-6-8-15(19)9-7-13)18(22)21-17-11-20-10-14-4-2-3-5-16(14)17/h2-12H,1H3,(H,21,22). The van der Waals surface area contributed by atoms with Gasteiger partial charge in [0.25, 0.3) is 0 Å². The van der Waals surface area contributed by atoms with Gasteiger partial charge in [0, 0.05) is 21.4 Å². The first-order valence-corrected chi connectivity index (χ1v) is 7.83. The molecule has 0 aliphatic rings. The van der Waals surface area contributed by atoms with Crippen molar-refractivity contribution in [2.75, 3.05) is 5.32 Å². The molecule has 0 aliphatic heterocycles. The molecule has 1 atom stereocenters. The fourth-order valence-corrected chi connectivity index (χ4v) is 2.62. The van der Waals surface area contributed by atoms with Gasteiger partial charge in [-0.15, -0.1) is 0 Å². The minimum Gasteiger partial charge on any atom is -0.324 e. The summed E-state index contributed by atoms with van der Waals surface area (Å²) in [6.45, 7) is 1.90. The van der Waals surface area contributed by atoms with Crippen LogP contribution in [0.5, 0.6) is 0 Å². The number of hydrogen-bond acceptors (Lipinski definition) is 2. The number of nitrogens with zero attached hydrogens (tertiary/aromatic N) is 1. The molecule has 22 heavy (non-hydrogen) atoms. The van der Waals surface area contributed by atoms with Crippen LogP contribution in [0.25, 0.3) is 10.8 Å². The Morgan fingerprint density at radius 3 is 2.59 bits per heavy atom. The summed E-state index contributed by atoms with van der Waals surface area (Å²) in [4.78, 5) is 16.7. The molecule has 110 valence electrons. The van der Waals surface area contributed by atoms with Crippen LogP contribution in [0.15, 0.2) is 65.4 Å². The predicted molar refractivity (Wildman–Crippen MR) is 92.9 cm³/mol.